The molecule has 0 fully saturated rings. The summed E-state index contributed by atoms with van der Waals surface area (Å²) in [5.74, 6) is 0. The van der Waals surface area contributed by atoms with Crippen molar-refractivity contribution in [2.75, 3.05) is 21.1 Å². The molecular formula is C27H21BN4. The number of anilines is 4. The van der Waals surface area contributed by atoms with Gasteiger partial charge in [-0.3, -0.25) is 0 Å². The maximum atomic E-state index is 3.66. The van der Waals surface area contributed by atoms with Crippen LogP contribution in [0, 0.1) is 0 Å². The van der Waals surface area contributed by atoms with E-state index >= 15 is 0 Å². The van der Waals surface area contributed by atoms with E-state index in [1.807, 2.05) is 0 Å². The fourth-order valence-electron chi connectivity index (χ4n) is 5.07. The Labute approximate surface area is 186 Å². The second kappa shape index (κ2) is 6.69. The van der Waals surface area contributed by atoms with Crippen molar-refractivity contribution in [3.63, 3.8) is 0 Å². The summed E-state index contributed by atoms with van der Waals surface area (Å²) in [5.41, 5.74) is 7.10. The SMILES string of the molecule is c1cc2c3c(cccc3c1)NB(c1ccc(C3Nc4cccc5cccc(c45)N3)cc1)N2. The quantitative estimate of drug-likeness (QED) is 0.279. The van der Waals surface area contributed by atoms with E-state index in [1.54, 1.807) is 0 Å². The molecule has 0 bridgehead atoms. The van der Waals surface area contributed by atoms with E-state index in [4.69, 9.17) is 0 Å². The minimum absolute atomic E-state index is 0.0336. The lowest BCUT2D eigenvalue weighted by Crippen LogP contribution is -2.47. The maximum absolute atomic E-state index is 3.66. The van der Waals surface area contributed by atoms with Crippen LogP contribution in [0.1, 0.15) is 11.7 Å². The Morgan fingerprint density at radius 1 is 0.500 bits per heavy atom. The zero-order valence-electron chi connectivity index (χ0n) is 17.4. The number of benzene rings is 5. The standard InChI is InChI=1S/C27H21BN4/c1-5-17-6-2-10-22-25(17)21(9-1)29-27(30-22)19-13-15-20(16-14-19)28-31-23-11-3-7-18-8-4-12-24(32-28)26(18)23/h1-16,27,29-32H. The molecule has 5 aromatic carbocycles. The van der Waals surface area contributed by atoms with Crippen LogP contribution >= 0.6 is 0 Å². The van der Waals surface area contributed by atoms with Gasteiger partial charge in [0.15, 0.2) is 0 Å². The highest BCUT2D eigenvalue weighted by Gasteiger charge is 2.26. The molecule has 2 aliphatic heterocycles. The first-order chi connectivity index (χ1) is 15.8. The third kappa shape index (κ3) is 2.64. The molecule has 0 aromatic heterocycles. The third-order valence-electron chi connectivity index (χ3n) is 6.61. The van der Waals surface area contributed by atoms with E-state index in [0.29, 0.717) is 0 Å². The second-order valence-electron chi connectivity index (χ2n) is 8.53. The Morgan fingerprint density at radius 3 is 1.50 bits per heavy atom. The maximum Gasteiger partial charge on any atom is 0.406 e. The topological polar surface area (TPSA) is 48.1 Å². The van der Waals surface area contributed by atoms with Gasteiger partial charge in [-0.2, -0.15) is 0 Å². The molecule has 32 heavy (non-hydrogen) atoms. The fourth-order valence-corrected chi connectivity index (χ4v) is 5.07. The summed E-state index contributed by atoms with van der Waals surface area (Å²) in [7, 11) is 0. The lowest BCUT2D eigenvalue weighted by Gasteiger charge is -2.30. The van der Waals surface area contributed by atoms with Crippen LogP contribution < -0.4 is 26.6 Å². The lowest BCUT2D eigenvalue weighted by molar-refractivity contribution is 0.897. The molecule has 0 saturated carbocycles. The summed E-state index contributed by atoms with van der Waals surface area (Å²) < 4.78 is 0. The van der Waals surface area contributed by atoms with Crippen molar-refractivity contribution in [3.8, 4) is 0 Å². The molecular weight excluding hydrogens is 391 g/mol. The van der Waals surface area contributed by atoms with Crippen LogP contribution in [0.25, 0.3) is 21.5 Å². The lowest BCUT2D eigenvalue weighted by atomic mass is 9.66. The first-order valence-corrected chi connectivity index (χ1v) is 11.0. The molecule has 0 atom stereocenters. The van der Waals surface area contributed by atoms with E-state index in [9.17, 15) is 0 Å². The van der Waals surface area contributed by atoms with E-state index in [2.05, 4.69) is 118 Å². The average molecular weight is 412 g/mol. The van der Waals surface area contributed by atoms with Gasteiger partial charge in [-0.1, -0.05) is 72.8 Å². The molecule has 152 valence electrons. The Kier molecular flexibility index (Phi) is 3.67. The minimum Gasteiger partial charge on any atom is -0.405 e. The molecule has 0 saturated heterocycles. The van der Waals surface area contributed by atoms with Crippen LogP contribution in [-0.2, 0) is 0 Å². The van der Waals surface area contributed by atoms with E-state index in [1.165, 1.54) is 55.3 Å². The van der Waals surface area contributed by atoms with Crippen molar-refractivity contribution in [3.05, 3.63) is 103 Å². The van der Waals surface area contributed by atoms with Crippen molar-refractivity contribution >= 4 is 56.7 Å². The van der Waals surface area contributed by atoms with Gasteiger partial charge in [0.25, 0.3) is 0 Å². The van der Waals surface area contributed by atoms with Crippen LogP contribution in [0.15, 0.2) is 97.1 Å². The van der Waals surface area contributed by atoms with Gasteiger partial charge in [-0.25, -0.2) is 0 Å². The molecule has 7 rings (SSSR count). The largest absolute Gasteiger partial charge is 0.406 e. The molecule has 2 aliphatic rings. The molecule has 4 nitrogen and oxygen atoms in total. The molecule has 2 heterocycles. The smallest absolute Gasteiger partial charge is 0.405 e. The van der Waals surface area contributed by atoms with Gasteiger partial charge in [-0.15, -0.1) is 0 Å². The minimum atomic E-state index is 0.0336. The summed E-state index contributed by atoms with van der Waals surface area (Å²) in [6.45, 7) is 0.0336. The van der Waals surface area contributed by atoms with E-state index in [0.717, 1.165) is 0 Å². The highest BCUT2D eigenvalue weighted by atomic mass is 15.1. The summed E-state index contributed by atoms with van der Waals surface area (Å²) in [4.78, 5) is 0. The first-order valence-electron chi connectivity index (χ1n) is 11.0. The van der Waals surface area contributed by atoms with Crippen molar-refractivity contribution in [1.29, 1.82) is 0 Å². The van der Waals surface area contributed by atoms with Gasteiger partial charge in [0.05, 0.1) is 0 Å². The summed E-state index contributed by atoms with van der Waals surface area (Å²) in [5, 5.41) is 19.7. The van der Waals surface area contributed by atoms with Crippen LogP contribution in [0.5, 0.6) is 0 Å². The van der Waals surface area contributed by atoms with Crippen LogP contribution in [-0.4, -0.2) is 6.98 Å². The highest BCUT2D eigenvalue weighted by Crippen LogP contribution is 2.38. The number of hydrogen-bond acceptors (Lipinski definition) is 4. The number of hydrogen-bond donors (Lipinski definition) is 4. The van der Waals surface area contributed by atoms with Gasteiger partial charge < -0.3 is 21.1 Å². The van der Waals surface area contributed by atoms with Gasteiger partial charge in [0.2, 0.25) is 0 Å². The number of nitrogens with one attached hydrogen (secondary N) is 4. The summed E-state index contributed by atoms with van der Waals surface area (Å²) in [6.07, 6.45) is 0.0336. The molecule has 0 radical (unpaired) electrons. The molecule has 0 aliphatic carbocycles. The first kappa shape index (κ1) is 17.6. The fraction of sp³-hybridized carbons (Fsp3) is 0.0370. The van der Waals surface area contributed by atoms with Crippen molar-refractivity contribution in [2.24, 2.45) is 0 Å². The predicted octanol–water partition coefficient (Wildman–Crippen LogP) is 5.76. The normalized spacial score (nSPS) is 14.4. The zero-order chi connectivity index (χ0) is 21.1. The van der Waals surface area contributed by atoms with Crippen molar-refractivity contribution in [1.82, 2.24) is 0 Å². The number of rotatable bonds is 2. The van der Waals surface area contributed by atoms with Gasteiger partial charge in [0, 0.05) is 33.5 Å². The Bertz CT molecular complexity index is 1300. The molecule has 0 spiro atoms. The predicted molar refractivity (Wildman–Crippen MR) is 137 cm³/mol. The van der Waals surface area contributed by atoms with Crippen molar-refractivity contribution in [2.45, 2.75) is 6.17 Å². The van der Waals surface area contributed by atoms with Crippen LogP contribution in [0.4, 0.5) is 22.7 Å². The van der Waals surface area contributed by atoms with Gasteiger partial charge >= 0.3 is 6.98 Å². The Balaban J connectivity index is 1.18. The third-order valence-corrected chi connectivity index (χ3v) is 6.61. The van der Waals surface area contributed by atoms with E-state index < -0.39 is 0 Å². The summed E-state index contributed by atoms with van der Waals surface area (Å²) >= 11 is 0. The molecule has 5 heteroatoms. The zero-order valence-corrected chi connectivity index (χ0v) is 17.4. The summed E-state index contributed by atoms with van der Waals surface area (Å²) in [6, 6.07) is 34.5. The van der Waals surface area contributed by atoms with Crippen molar-refractivity contribution < 1.29 is 0 Å². The van der Waals surface area contributed by atoms with Crippen LogP contribution in [0.3, 0.4) is 0 Å². The van der Waals surface area contributed by atoms with Crippen LogP contribution in [0.2, 0.25) is 0 Å². The second-order valence-corrected chi connectivity index (χ2v) is 8.53. The monoisotopic (exact) mass is 412 g/mol. The molecule has 4 N–H and O–H groups in total. The average Bonchev–Trinajstić information content (AvgIpc) is 2.85. The van der Waals surface area contributed by atoms with Gasteiger partial charge in [0.1, 0.15) is 6.17 Å². The molecule has 5 aromatic rings. The molecule has 0 unspecified atom stereocenters. The van der Waals surface area contributed by atoms with Gasteiger partial charge in [-0.05, 0) is 46.1 Å². The molecule has 0 amide bonds. The highest BCUT2D eigenvalue weighted by molar-refractivity contribution is 6.80. The Hall–Kier alpha value is -4.12. The van der Waals surface area contributed by atoms with E-state index in [-0.39, 0.29) is 13.1 Å². The Morgan fingerprint density at radius 2 is 0.969 bits per heavy atom.